The van der Waals surface area contributed by atoms with Crippen LogP contribution in [-0.2, 0) is 0 Å². The average molecular weight is 297 g/mol. The first-order valence-corrected chi connectivity index (χ1v) is 6.85. The van der Waals surface area contributed by atoms with E-state index in [1.807, 2.05) is 0 Å². The Morgan fingerprint density at radius 3 is 2.45 bits per heavy atom. The number of urea groups is 1. The lowest BCUT2D eigenvalue weighted by Gasteiger charge is -2.18. The Labute approximate surface area is 122 Å². The van der Waals surface area contributed by atoms with E-state index in [-0.39, 0.29) is 17.3 Å². The fourth-order valence-corrected chi connectivity index (χ4v) is 2.46. The molecule has 1 fully saturated rings. The molecule has 0 aliphatic carbocycles. The molecule has 2 N–H and O–H groups in total. The van der Waals surface area contributed by atoms with Crippen LogP contribution in [0.3, 0.4) is 0 Å². The third-order valence-electron chi connectivity index (χ3n) is 3.73. The number of likely N-dealkylation sites (tertiary alicyclic amines) is 1. The number of nitrogens with zero attached hydrogens (tertiary/aromatic N) is 1. The van der Waals surface area contributed by atoms with Crippen LogP contribution >= 0.6 is 11.6 Å². The van der Waals surface area contributed by atoms with Gasteiger partial charge in [-0.15, -0.1) is 0 Å². The van der Waals surface area contributed by atoms with Crippen molar-refractivity contribution in [3.05, 3.63) is 28.8 Å². The predicted octanol–water partition coefficient (Wildman–Crippen LogP) is 3.16. The highest BCUT2D eigenvalue weighted by Crippen LogP contribution is 2.25. The van der Waals surface area contributed by atoms with Crippen LogP contribution in [0.2, 0.25) is 5.02 Å². The van der Waals surface area contributed by atoms with Gasteiger partial charge in [0.1, 0.15) is 0 Å². The Balaban J connectivity index is 2.14. The average Bonchev–Trinajstić information content (AvgIpc) is 2.71. The van der Waals surface area contributed by atoms with Crippen LogP contribution in [0.25, 0.3) is 0 Å². The number of rotatable bonds is 2. The van der Waals surface area contributed by atoms with Crippen LogP contribution in [0.1, 0.15) is 24.2 Å². The topological polar surface area (TPSA) is 69.6 Å². The minimum absolute atomic E-state index is 0.00820. The molecule has 1 aromatic rings. The zero-order valence-electron chi connectivity index (χ0n) is 11.4. The van der Waals surface area contributed by atoms with Gasteiger partial charge in [0.15, 0.2) is 0 Å². The van der Waals surface area contributed by atoms with Crippen molar-refractivity contribution in [3.63, 3.8) is 0 Å². The molecule has 5 nitrogen and oxygen atoms in total. The zero-order chi connectivity index (χ0) is 14.9. The van der Waals surface area contributed by atoms with Crippen molar-refractivity contribution in [2.45, 2.75) is 13.8 Å². The lowest BCUT2D eigenvalue weighted by molar-refractivity contribution is 0.0698. The number of hydrogen-bond acceptors (Lipinski definition) is 2. The molecule has 0 bridgehead atoms. The summed E-state index contributed by atoms with van der Waals surface area (Å²) < 4.78 is 0. The molecule has 1 saturated heterocycles. The van der Waals surface area contributed by atoms with E-state index in [4.69, 9.17) is 16.7 Å². The molecule has 0 saturated carbocycles. The van der Waals surface area contributed by atoms with Gasteiger partial charge in [0, 0.05) is 18.1 Å². The number of carbonyl (C=O) groups is 2. The highest BCUT2D eigenvalue weighted by molar-refractivity contribution is 6.31. The number of carbonyl (C=O) groups excluding carboxylic acids is 1. The molecule has 20 heavy (non-hydrogen) atoms. The maximum absolute atomic E-state index is 12.2. The third kappa shape index (κ3) is 3.04. The largest absolute Gasteiger partial charge is 0.478 e. The van der Waals surface area contributed by atoms with Crippen molar-refractivity contribution in [1.29, 1.82) is 0 Å². The maximum Gasteiger partial charge on any atom is 0.337 e. The van der Waals surface area contributed by atoms with Crippen molar-refractivity contribution in [2.75, 3.05) is 18.4 Å². The first-order chi connectivity index (χ1) is 9.38. The molecule has 1 aliphatic heterocycles. The van der Waals surface area contributed by atoms with E-state index in [9.17, 15) is 9.59 Å². The van der Waals surface area contributed by atoms with E-state index in [2.05, 4.69) is 19.2 Å². The van der Waals surface area contributed by atoms with Gasteiger partial charge in [-0.1, -0.05) is 25.4 Å². The number of anilines is 1. The molecule has 1 heterocycles. The molecule has 6 heteroatoms. The van der Waals surface area contributed by atoms with Crippen molar-refractivity contribution in [3.8, 4) is 0 Å². The zero-order valence-corrected chi connectivity index (χ0v) is 12.1. The number of benzene rings is 1. The Bertz CT molecular complexity index is 537. The van der Waals surface area contributed by atoms with Crippen molar-refractivity contribution < 1.29 is 14.7 Å². The molecule has 2 unspecified atom stereocenters. The molecule has 0 aromatic heterocycles. The number of nitrogens with one attached hydrogen (secondary N) is 1. The second kappa shape index (κ2) is 5.71. The van der Waals surface area contributed by atoms with Gasteiger partial charge in [-0.3, -0.25) is 0 Å². The molecular formula is C14H17ClN2O3. The highest BCUT2D eigenvalue weighted by Gasteiger charge is 2.29. The van der Waals surface area contributed by atoms with Gasteiger partial charge < -0.3 is 15.3 Å². The molecule has 0 spiro atoms. The van der Waals surface area contributed by atoms with Gasteiger partial charge in [0.05, 0.1) is 11.3 Å². The molecule has 2 amide bonds. The van der Waals surface area contributed by atoms with Gasteiger partial charge in [0.25, 0.3) is 0 Å². The lowest BCUT2D eigenvalue weighted by Crippen LogP contribution is -2.33. The summed E-state index contributed by atoms with van der Waals surface area (Å²) in [6.07, 6.45) is 0. The van der Waals surface area contributed by atoms with Crippen LogP contribution < -0.4 is 5.32 Å². The summed E-state index contributed by atoms with van der Waals surface area (Å²) in [5.41, 5.74) is 0.255. The fraction of sp³-hybridized carbons (Fsp3) is 0.429. The summed E-state index contributed by atoms with van der Waals surface area (Å²) in [5, 5.41) is 12.1. The van der Waals surface area contributed by atoms with E-state index >= 15 is 0 Å². The molecule has 1 aliphatic rings. The quantitative estimate of drug-likeness (QED) is 0.881. The Morgan fingerprint density at radius 2 is 1.90 bits per heavy atom. The number of aromatic carboxylic acids is 1. The lowest BCUT2D eigenvalue weighted by atomic mass is 10.0. The number of halogens is 1. The minimum atomic E-state index is -1.12. The van der Waals surface area contributed by atoms with Crippen molar-refractivity contribution in [2.24, 2.45) is 11.8 Å². The summed E-state index contributed by atoms with van der Waals surface area (Å²) >= 11 is 5.78. The minimum Gasteiger partial charge on any atom is -0.478 e. The highest BCUT2D eigenvalue weighted by atomic mass is 35.5. The Hall–Kier alpha value is -1.75. The summed E-state index contributed by atoms with van der Waals surface area (Å²) in [5.74, 6) is -0.221. The van der Waals surface area contributed by atoms with E-state index in [1.165, 1.54) is 12.1 Å². The van der Waals surface area contributed by atoms with Gasteiger partial charge >= 0.3 is 12.0 Å². The van der Waals surface area contributed by atoms with E-state index in [0.717, 1.165) is 0 Å². The molecule has 108 valence electrons. The maximum atomic E-state index is 12.2. The third-order valence-corrected chi connectivity index (χ3v) is 3.96. The first kappa shape index (κ1) is 14.7. The SMILES string of the molecule is CC1CN(C(=O)Nc2ccc(Cl)cc2C(=O)O)CC1C. The molecule has 0 radical (unpaired) electrons. The first-order valence-electron chi connectivity index (χ1n) is 6.47. The van der Waals surface area contributed by atoms with Gasteiger partial charge in [-0.25, -0.2) is 9.59 Å². The van der Waals surface area contributed by atoms with Crippen LogP contribution in [-0.4, -0.2) is 35.1 Å². The van der Waals surface area contributed by atoms with Gasteiger partial charge in [-0.2, -0.15) is 0 Å². The predicted molar refractivity (Wildman–Crippen MR) is 77.3 cm³/mol. The Kier molecular flexibility index (Phi) is 4.18. The molecular weight excluding hydrogens is 280 g/mol. The van der Waals surface area contributed by atoms with E-state index in [0.29, 0.717) is 29.9 Å². The van der Waals surface area contributed by atoms with Crippen LogP contribution in [0.15, 0.2) is 18.2 Å². The van der Waals surface area contributed by atoms with Crippen LogP contribution in [0.4, 0.5) is 10.5 Å². The van der Waals surface area contributed by atoms with E-state index < -0.39 is 5.97 Å². The number of carboxylic acid groups (broad SMARTS) is 1. The summed E-state index contributed by atoms with van der Waals surface area (Å²) in [4.78, 5) is 25.0. The Morgan fingerprint density at radius 1 is 1.30 bits per heavy atom. The van der Waals surface area contributed by atoms with Gasteiger partial charge in [0.2, 0.25) is 0 Å². The number of carboxylic acids is 1. The molecule has 2 rings (SSSR count). The standard InChI is InChI=1S/C14H17ClN2O3/c1-8-6-17(7-9(8)2)14(20)16-12-4-3-10(15)5-11(12)13(18)19/h3-5,8-9H,6-7H2,1-2H3,(H,16,20)(H,18,19). The molecule has 1 aromatic carbocycles. The van der Waals surface area contributed by atoms with Crippen LogP contribution in [0, 0.1) is 11.8 Å². The normalized spacial score (nSPS) is 21.9. The second-order valence-electron chi connectivity index (χ2n) is 5.28. The van der Waals surface area contributed by atoms with Crippen molar-refractivity contribution in [1.82, 2.24) is 4.90 Å². The van der Waals surface area contributed by atoms with E-state index in [1.54, 1.807) is 11.0 Å². The monoisotopic (exact) mass is 296 g/mol. The van der Waals surface area contributed by atoms with Crippen molar-refractivity contribution >= 4 is 29.3 Å². The number of amides is 2. The van der Waals surface area contributed by atoms with Gasteiger partial charge in [-0.05, 0) is 30.0 Å². The fourth-order valence-electron chi connectivity index (χ4n) is 2.29. The summed E-state index contributed by atoms with van der Waals surface area (Å²) in [7, 11) is 0. The number of hydrogen-bond donors (Lipinski definition) is 2. The molecule has 2 atom stereocenters. The summed E-state index contributed by atoms with van der Waals surface area (Å²) in [6, 6.07) is 4.12. The smallest absolute Gasteiger partial charge is 0.337 e. The second-order valence-corrected chi connectivity index (χ2v) is 5.72. The summed E-state index contributed by atoms with van der Waals surface area (Å²) in [6.45, 7) is 5.57. The van der Waals surface area contributed by atoms with Crippen LogP contribution in [0.5, 0.6) is 0 Å².